The number of aromatic hydroxyl groups is 1. The Balaban J connectivity index is 2.67. The number of rotatable bonds is 13. The number of carbonyl (C=O) groups excluding carboxylic acids is 4. The molecule has 1 rings (SSSR count). The minimum atomic E-state index is -1.64. The molecule has 0 aliphatic rings. The van der Waals surface area contributed by atoms with Gasteiger partial charge in [0.15, 0.2) is 6.04 Å². The highest BCUT2D eigenvalue weighted by Gasteiger charge is 2.29. The van der Waals surface area contributed by atoms with Crippen molar-refractivity contribution >= 4 is 29.6 Å². The number of aliphatic hydroxyl groups is 1. The van der Waals surface area contributed by atoms with Gasteiger partial charge in [-0.1, -0.05) is 12.1 Å². The number of nitrogens with one attached hydrogen (secondary N) is 3. The maximum atomic E-state index is 12.4. The average Bonchev–Trinajstić information content (AvgIpc) is 2.73. The molecule has 13 nitrogen and oxygen atoms in total. The number of benzene rings is 1. The van der Waals surface area contributed by atoms with Crippen LogP contribution in [0.25, 0.3) is 0 Å². The summed E-state index contributed by atoms with van der Waals surface area (Å²) >= 11 is 0. The molecule has 0 bridgehead atoms. The van der Waals surface area contributed by atoms with Crippen LogP contribution in [0.1, 0.15) is 25.3 Å². The molecule has 0 spiro atoms. The van der Waals surface area contributed by atoms with Crippen molar-refractivity contribution in [3.05, 3.63) is 29.8 Å². The van der Waals surface area contributed by atoms with Crippen LogP contribution in [0.3, 0.4) is 0 Å². The van der Waals surface area contributed by atoms with Crippen LogP contribution < -0.4 is 27.4 Å². The lowest BCUT2D eigenvalue weighted by atomic mass is 10.1. The first kappa shape index (κ1) is 27.3. The Morgan fingerprint density at radius 2 is 1.64 bits per heavy atom. The molecular weight excluding hydrogens is 438 g/mol. The highest BCUT2D eigenvalue weighted by atomic mass is 16.4. The summed E-state index contributed by atoms with van der Waals surface area (Å²) < 4.78 is 0. The van der Waals surface area contributed by atoms with E-state index in [1.807, 2.05) is 0 Å². The maximum absolute atomic E-state index is 12.4. The summed E-state index contributed by atoms with van der Waals surface area (Å²) in [5.41, 5.74) is 11.6. The molecule has 0 saturated carbocycles. The monoisotopic (exact) mass is 467 g/mol. The van der Waals surface area contributed by atoms with E-state index in [1.54, 1.807) is 12.1 Å². The van der Waals surface area contributed by atoms with Gasteiger partial charge in [0.2, 0.25) is 23.6 Å². The Kier molecular flexibility index (Phi) is 10.7. The Morgan fingerprint density at radius 3 is 2.15 bits per heavy atom. The normalized spacial score (nSPS) is 14.3. The topological polar surface area (TPSA) is 234 Å². The second-order valence-corrected chi connectivity index (χ2v) is 7.39. The van der Waals surface area contributed by atoms with Crippen molar-refractivity contribution in [1.29, 1.82) is 0 Å². The van der Waals surface area contributed by atoms with Crippen LogP contribution in [0.2, 0.25) is 0 Å². The smallest absolute Gasteiger partial charge is 0.328 e. The number of carboxylic acids is 1. The van der Waals surface area contributed by atoms with E-state index >= 15 is 0 Å². The molecule has 0 fully saturated rings. The number of phenolic OH excluding ortho intramolecular Hbond substituents is 1. The number of hydrogen-bond acceptors (Lipinski definition) is 8. The van der Waals surface area contributed by atoms with E-state index in [9.17, 15) is 34.2 Å². The van der Waals surface area contributed by atoms with Gasteiger partial charge in [0.1, 0.15) is 11.8 Å². The van der Waals surface area contributed by atoms with E-state index in [-0.39, 0.29) is 25.0 Å². The number of aliphatic hydroxyl groups excluding tert-OH is 1. The van der Waals surface area contributed by atoms with E-state index in [4.69, 9.17) is 16.6 Å². The van der Waals surface area contributed by atoms with Crippen molar-refractivity contribution < 1.29 is 39.3 Å². The summed E-state index contributed by atoms with van der Waals surface area (Å²) in [6.45, 7) is 0.619. The number of nitrogens with two attached hydrogens (primary N) is 2. The molecule has 4 atom stereocenters. The van der Waals surface area contributed by atoms with Gasteiger partial charge in [-0.2, -0.15) is 0 Å². The van der Waals surface area contributed by atoms with E-state index in [2.05, 4.69) is 16.0 Å². The minimum Gasteiger partial charge on any atom is -0.508 e. The number of phenols is 1. The largest absolute Gasteiger partial charge is 0.508 e. The molecule has 0 aromatic heterocycles. The van der Waals surface area contributed by atoms with E-state index in [0.29, 0.717) is 5.56 Å². The lowest BCUT2D eigenvalue weighted by molar-refractivity contribution is -0.145. The van der Waals surface area contributed by atoms with Crippen LogP contribution in [-0.2, 0) is 30.4 Å². The summed E-state index contributed by atoms with van der Waals surface area (Å²) in [7, 11) is 0. The Labute approximate surface area is 189 Å². The lowest BCUT2D eigenvalue weighted by Gasteiger charge is -2.22. The molecule has 1 aromatic carbocycles. The van der Waals surface area contributed by atoms with Crippen molar-refractivity contribution in [3.8, 4) is 5.75 Å². The molecule has 10 N–H and O–H groups in total. The number of amides is 4. The summed E-state index contributed by atoms with van der Waals surface area (Å²) in [6.07, 6.45) is -1.79. The number of primary amides is 1. The third-order valence-electron chi connectivity index (χ3n) is 4.53. The van der Waals surface area contributed by atoms with Gasteiger partial charge < -0.3 is 42.7 Å². The number of carbonyl (C=O) groups is 5. The van der Waals surface area contributed by atoms with Crippen LogP contribution in [0.15, 0.2) is 24.3 Å². The number of aliphatic carboxylic acids is 1. The van der Waals surface area contributed by atoms with Gasteiger partial charge >= 0.3 is 5.97 Å². The van der Waals surface area contributed by atoms with Gasteiger partial charge in [-0.15, -0.1) is 0 Å². The van der Waals surface area contributed by atoms with Gasteiger partial charge in [0.05, 0.1) is 18.7 Å². The van der Waals surface area contributed by atoms with Crippen molar-refractivity contribution in [2.45, 2.75) is 50.4 Å². The summed E-state index contributed by atoms with van der Waals surface area (Å²) in [6, 6.07) is 2.10. The lowest BCUT2D eigenvalue weighted by Crippen LogP contribution is -2.56. The summed E-state index contributed by atoms with van der Waals surface area (Å²) in [4.78, 5) is 59.0. The van der Waals surface area contributed by atoms with Crippen LogP contribution in [0.5, 0.6) is 5.75 Å². The van der Waals surface area contributed by atoms with Crippen LogP contribution >= 0.6 is 0 Å². The average molecular weight is 467 g/mol. The SMILES string of the molecule is CC(O)C(NC(=O)C(CCC(N)=O)NC(=O)CNC(=O)C(N)Cc1ccc(O)cc1)C(=O)O. The predicted octanol–water partition coefficient (Wildman–Crippen LogP) is -2.92. The molecule has 4 unspecified atom stereocenters. The van der Waals surface area contributed by atoms with Gasteiger partial charge in [-0.3, -0.25) is 19.2 Å². The van der Waals surface area contributed by atoms with Gasteiger partial charge in [-0.25, -0.2) is 4.79 Å². The van der Waals surface area contributed by atoms with Crippen LogP contribution in [-0.4, -0.2) is 75.7 Å². The van der Waals surface area contributed by atoms with Crippen LogP contribution in [0.4, 0.5) is 0 Å². The van der Waals surface area contributed by atoms with Crippen LogP contribution in [0, 0.1) is 0 Å². The van der Waals surface area contributed by atoms with E-state index in [0.717, 1.165) is 6.92 Å². The second-order valence-electron chi connectivity index (χ2n) is 7.39. The summed E-state index contributed by atoms with van der Waals surface area (Å²) in [5, 5.41) is 34.5. The van der Waals surface area contributed by atoms with Gasteiger partial charge in [-0.05, 0) is 37.5 Å². The molecule has 13 heteroatoms. The Bertz CT molecular complexity index is 859. The molecule has 4 amide bonds. The van der Waals surface area contributed by atoms with E-state index < -0.39 is 60.4 Å². The molecule has 1 aromatic rings. The maximum Gasteiger partial charge on any atom is 0.328 e. The Hall–Kier alpha value is -3.71. The Morgan fingerprint density at radius 1 is 1.03 bits per heavy atom. The fourth-order valence-electron chi connectivity index (χ4n) is 2.72. The number of hydrogen-bond donors (Lipinski definition) is 8. The third-order valence-corrected chi connectivity index (χ3v) is 4.53. The second kappa shape index (κ2) is 13.0. The first-order valence-electron chi connectivity index (χ1n) is 10.0. The quantitative estimate of drug-likeness (QED) is 0.148. The first-order valence-corrected chi connectivity index (χ1v) is 10.0. The molecule has 0 heterocycles. The van der Waals surface area contributed by atoms with Crippen molar-refractivity contribution in [2.75, 3.05) is 6.54 Å². The molecule has 0 saturated heterocycles. The predicted molar refractivity (Wildman–Crippen MR) is 114 cm³/mol. The zero-order chi connectivity index (χ0) is 25.1. The van der Waals surface area contributed by atoms with Crippen molar-refractivity contribution in [1.82, 2.24) is 16.0 Å². The molecule has 0 aliphatic heterocycles. The van der Waals surface area contributed by atoms with Gasteiger partial charge in [0.25, 0.3) is 0 Å². The fraction of sp³-hybridized carbons (Fsp3) is 0.450. The first-order chi connectivity index (χ1) is 15.4. The highest BCUT2D eigenvalue weighted by Crippen LogP contribution is 2.10. The minimum absolute atomic E-state index is 0.0616. The van der Waals surface area contributed by atoms with Crippen molar-refractivity contribution in [3.63, 3.8) is 0 Å². The zero-order valence-electron chi connectivity index (χ0n) is 18.0. The molecule has 33 heavy (non-hydrogen) atoms. The zero-order valence-corrected chi connectivity index (χ0v) is 18.0. The van der Waals surface area contributed by atoms with Crippen molar-refractivity contribution in [2.24, 2.45) is 11.5 Å². The molecule has 0 aliphatic carbocycles. The summed E-state index contributed by atoms with van der Waals surface area (Å²) in [5.74, 6) is -4.57. The number of carboxylic acid groups (broad SMARTS) is 1. The fourth-order valence-corrected chi connectivity index (χ4v) is 2.72. The third kappa shape index (κ3) is 9.97. The molecule has 0 radical (unpaired) electrons. The van der Waals surface area contributed by atoms with Gasteiger partial charge in [0, 0.05) is 6.42 Å². The molecular formula is C20H29N5O8. The standard InChI is InChI=1S/C20H29N5O8/c1-10(26)17(20(32)33)25-19(31)14(6-7-15(22)28)24-16(29)9-23-18(30)13(21)8-11-2-4-12(27)5-3-11/h2-5,10,13-14,17,26-27H,6-9,21H2,1H3,(H2,22,28)(H,23,30)(H,24,29)(H,25,31)(H,32,33). The molecule has 182 valence electrons. The van der Waals surface area contributed by atoms with E-state index in [1.165, 1.54) is 12.1 Å². The highest BCUT2D eigenvalue weighted by molar-refractivity contribution is 5.93.